The average molecular weight is 263 g/mol. The lowest BCUT2D eigenvalue weighted by atomic mass is 9.91. The van der Waals surface area contributed by atoms with E-state index in [1.165, 1.54) is 32.1 Å². The van der Waals surface area contributed by atoms with E-state index in [0.29, 0.717) is 6.04 Å². The minimum atomic E-state index is 0.369. The van der Waals surface area contributed by atoms with Crippen molar-refractivity contribution in [1.29, 1.82) is 0 Å². The molecule has 19 heavy (non-hydrogen) atoms. The summed E-state index contributed by atoms with van der Waals surface area (Å²) in [5.41, 5.74) is 1.14. The summed E-state index contributed by atoms with van der Waals surface area (Å²) in [6.07, 6.45) is 8.26. The van der Waals surface area contributed by atoms with Gasteiger partial charge >= 0.3 is 0 Å². The van der Waals surface area contributed by atoms with Crippen LogP contribution in [0.3, 0.4) is 0 Å². The Morgan fingerprint density at radius 1 is 1.26 bits per heavy atom. The summed E-state index contributed by atoms with van der Waals surface area (Å²) in [5, 5.41) is 3.58. The third kappa shape index (κ3) is 5.68. The predicted octanol–water partition coefficient (Wildman–Crippen LogP) is 4.04. The number of nitrogens with zero attached hydrogens (tertiary/aromatic N) is 2. The molecule has 0 bridgehead atoms. The van der Waals surface area contributed by atoms with Crippen LogP contribution in [-0.2, 0) is 0 Å². The van der Waals surface area contributed by atoms with Gasteiger partial charge in [-0.3, -0.25) is 0 Å². The van der Waals surface area contributed by atoms with Gasteiger partial charge in [0, 0.05) is 12.2 Å². The Morgan fingerprint density at radius 2 is 2.05 bits per heavy atom. The maximum Gasteiger partial charge on any atom is 0.125 e. The lowest BCUT2D eigenvalue weighted by Crippen LogP contribution is -2.24. The van der Waals surface area contributed by atoms with Gasteiger partial charge in [0.15, 0.2) is 0 Å². The number of aromatic nitrogens is 2. The molecule has 0 amide bonds. The highest BCUT2D eigenvalue weighted by Crippen LogP contribution is 2.25. The molecule has 108 valence electrons. The van der Waals surface area contributed by atoms with Gasteiger partial charge in [0.25, 0.3) is 0 Å². The predicted molar refractivity (Wildman–Crippen MR) is 81.1 cm³/mol. The third-order valence-corrected chi connectivity index (χ3v) is 3.72. The van der Waals surface area contributed by atoms with Crippen molar-refractivity contribution in [3.8, 4) is 0 Å². The first-order valence-corrected chi connectivity index (χ1v) is 7.74. The van der Waals surface area contributed by atoms with Crippen molar-refractivity contribution in [1.82, 2.24) is 15.3 Å². The number of nitrogens with one attached hydrogen (secondary N) is 1. The fraction of sp³-hybridized carbons (Fsp3) is 0.750. The standard InChI is InChI=1S/C16H29N3/c1-5-8-9-14(6-2)12-16(17-7-3)15-10-11-18-13(4)19-15/h10-11,14,16-17H,5-9,12H2,1-4H3. The molecule has 0 aliphatic heterocycles. The van der Waals surface area contributed by atoms with E-state index in [0.717, 1.165) is 24.0 Å². The Morgan fingerprint density at radius 3 is 2.63 bits per heavy atom. The lowest BCUT2D eigenvalue weighted by molar-refractivity contribution is 0.352. The monoisotopic (exact) mass is 263 g/mol. The van der Waals surface area contributed by atoms with Crippen LogP contribution in [0.1, 0.15) is 70.4 Å². The first-order chi connectivity index (χ1) is 9.21. The average Bonchev–Trinajstić information content (AvgIpc) is 2.42. The molecule has 0 fully saturated rings. The van der Waals surface area contributed by atoms with Gasteiger partial charge in [0.1, 0.15) is 5.82 Å². The number of aryl methyl sites for hydroxylation is 1. The van der Waals surface area contributed by atoms with Crippen molar-refractivity contribution in [2.75, 3.05) is 6.54 Å². The highest BCUT2D eigenvalue weighted by atomic mass is 15.0. The molecule has 0 aromatic carbocycles. The quantitative estimate of drug-likeness (QED) is 0.730. The summed E-state index contributed by atoms with van der Waals surface area (Å²) in [4.78, 5) is 8.78. The van der Waals surface area contributed by atoms with Gasteiger partial charge in [0.2, 0.25) is 0 Å². The highest BCUT2D eigenvalue weighted by molar-refractivity contribution is 5.07. The molecule has 0 aliphatic carbocycles. The molecule has 0 radical (unpaired) electrons. The first kappa shape index (κ1) is 16.1. The third-order valence-electron chi connectivity index (χ3n) is 3.72. The van der Waals surface area contributed by atoms with E-state index in [4.69, 9.17) is 0 Å². The molecule has 0 spiro atoms. The fourth-order valence-corrected chi connectivity index (χ4v) is 2.54. The van der Waals surface area contributed by atoms with E-state index in [9.17, 15) is 0 Å². The van der Waals surface area contributed by atoms with Gasteiger partial charge < -0.3 is 5.32 Å². The molecule has 2 unspecified atom stereocenters. The van der Waals surface area contributed by atoms with E-state index in [1.54, 1.807) is 0 Å². The molecule has 0 saturated heterocycles. The zero-order valence-corrected chi connectivity index (χ0v) is 12.9. The van der Waals surface area contributed by atoms with Crippen LogP contribution in [0.2, 0.25) is 0 Å². The van der Waals surface area contributed by atoms with Crippen LogP contribution in [0.4, 0.5) is 0 Å². The summed E-state index contributed by atoms with van der Waals surface area (Å²) in [6.45, 7) is 9.67. The minimum Gasteiger partial charge on any atom is -0.309 e. The van der Waals surface area contributed by atoms with Crippen LogP contribution >= 0.6 is 0 Å². The number of unbranched alkanes of at least 4 members (excludes halogenated alkanes) is 1. The van der Waals surface area contributed by atoms with Gasteiger partial charge in [-0.05, 0) is 31.9 Å². The van der Waals surface area contributed by atoms with Gasteiger partial charge in [0.05, 0.1) is 5.69 Å². The van der Waals surface area contributed by atoms with Crippen molar-refractivity contribution in [2.45, 2.75) is 65.8 Å². The van der Waals surface area contributed by atoms with Crippen LogP contribution < -0.4 is 5.32 Å². The molecule has 1 aromatic rings. The molecule has 3 nitrogen and oxygen atoms in total. The summed E-state index contributed by atoms with van der Waals surface area (Å²) < 4.78 is 0. The summed E-state index contributed by atoms with van der Waals surface area (Å²) in [7, 11) is 0. The van der Waals surface area contributed by atoms with E-state index in [-0.39, 0.29) is 0 Å². The number of hydrogen-bond donors (Lipinski definition) is 1. The van der Waals surface area contributed by atoms with Gasteiger partial charge in [-0.2, -0.15) is 0 Å². The molecule has 1 rings (SSSR count). The van der Waals surface area contributed by atoms with Gasteiger partial charge in [-0.1, -0.05) is 46.5 Å². The van der Waals surface area contributed by atoms with Crippen molar-refractivity contribution >= 4 is 0 Å². The summed E-state index contributed by atoms with van der Waals surface area (Å²) in [5.74, 6) is 1.65. The Bertz CT molecular complexity index is 352. The fourth-order valence-electron chi connectivity index (χ4n) is 2.54. The second-order valence-corrected chi connectivity index (χ2v) is 5.29. The molecule has 0 aliphatic rings. The van der Waals surface area contributed by atoms with Crippen LogP contribution in [0.15, 0.2) is 12.3 Å². The van der Waals surface area contributed by atoms with Crippen LogP contribution in [0.5, 0.6) is 0 Å². The molecule has 1 aromatic heterocycles. The van der Waals surface area contributed by atoms with E-state index in [1.807, 2.05) is 19.2 Å². The van der Waals surface area contributed by atoms with Crippen molar-refractivity contribution in [3.63, 3.8) is 0 Å². The number of hydrogen-bond acceptors (Lipinski definition) is 3. The Hall–Kier alpha value is -0.960. The number of rotatable bonds is 9. The molecule has 3 heteroatoms. The topological polar surface area (TPSA) is 37.8 Å². The van der Waals surface area contributed by atoms with E-state index >= 15 is 0 Å². The Labute approximate surface area is 118 Å². The normalized spacial score (nSPS) is 14.3. The Kier molecular flexibility index (Phi) is 7.65. The molecular weight excluding hydrogens is 234 g/mol. The van der Waals surface area contributed by atoms with Crippen molar-refractivity contribution in [2.24, 2.45) is 5.92 Å². The molecule has 0 saturated carbocycles. The first-order valence-electron chi connectivity index (χ1n) is 7.74. The van der Waals surface area contributed by atoms with Gasteiger partial charge in [-0.25, -0.2) is 9.97 Å². The second-order valence-electron chi connectivity index (χ2n) is 5.29. The molecular formula is C16H29N3. The smallest absolute Gasteiger partial charge is 0.125 e. The van der Waals surface area contributed by atoms with Crippen molar-refractivity contribution in [3.05, 3.63) is 23.8 Å². The molecule has 1 heterocycles. The largest absolute Gasteiger partial charge is 0.309 e. The second kappa shape index (κ2) is 9.03. The molecule has 2 atom stereocenters. The summed E-state index contributed by atoms with van der Waals surface area (Å²) in [6, 6.07) is 2.42. The zero-order valence-electron chi connectivity index (χ0n) is 12.9. The van der Waals surface area contributed by atoms with Gasteiger partial charge in [-0.15, -0.1) is 0 Å². The van der Waals surface area contributed by atoms with E-state index in [2.05, 4.69) is 36.1 Å². The van der Waals surface area contributed by atoms with Crippen LogP contribution in [0.25, 0.3) is 0 Å². The Balaban J connectivity index is 2.70. The maximum absolute atomic E-state index is 4.59. The highest BCUT2D eigenvalue weighted by Gasteiger charge is 2.17. The van der Waals surface area contributed by atoms with Crippen LogP contribution in [-0.4, -0.2) is 16.5 Å². The van der Waals surface area contributed by atoms with Crippen LogP contribution in [0, 0.1) is 12.8 Å². The zero-order chi connectivity index (χ0) is 14.1. The van der Waals surface area contributed by atoms with Crippen molar-refractivity contribution < 1.29 is 0 Å². The molecule has 1 N–H and O–H groups in total. The lowest BCUT2D eigenvalue weighted by Gasteiger charge is -2.23. The maximum atomic E-state index is 4.59. The SMILES string of the molecule is CCCCC(CC)CC(NCC)c1ccnc(C)n1. The van der Waals surface area contributed by atoms with E-state index < -0.39 is 0 Å². The minimum absolute atomic E-state index is 0.369. The summed E-state index contributed by atoms with van der Waals surface area (Å²) >= 11 is 0.